The van der Waals surface area contributed by atoms with Crippen LogP contribution in [0, 0.1) is 9.39 Å². The maximum Gasteiger partial charge on any atom is 0.262 e. The number of anilines is 1. The zero-order valence-corrected chi connectivity index (χ0v) is 13.2. The lowest BCUT2D eigenvalue weighted by Gasteiger charge is -2.11. The van der Waals surface area contributed by atoms with Crippen LogP contribution in [0.15, 0.2) is 47.4 Å². The van der Waals surface area contributed by atoms with E-state index >= 15 is 0 Å². The second-order valence-corrected chi connectivity index (χ2v) is 6.92. The van der Waals surface area contributed by atoms with Gasteiger partial charge in [-0.15, -0.1) is 0 Å². The van der Waals surface area contributed by atoms with E-state index in [9.17, 15) is 12.8 Å². The van der Waals surface area contributed by atoms with E-state index in [4.69, 9.17) is 5.11 Å². The standard InChI is InChI=1S/C13H11FINO3S/c14-10-2-1-9(8-17)13(7-10)20(18,19)16-12-5-3-11(15)4-6-12/h1-7,16-17H,8H2. The van der Waals surface area contributed by atoms with E-state index in [2.05, 4.69) is 27.3 Å². The van der Waals surface area contributed by atoms with Crippen LogP contribution < -0.4 is 4.72 Å². The van der Waals surface area contributed by atoms with E-state index in [0.717, 1.165) is 15.7 Å². The van der Waals surface area contributed by atoms with Crippen molar-refractivity contribution in [2.75, 3.05) is 4.72 Å². The van der Waals surface area contributed by atoms with Crippen LogP contribution in [0.25, 0.3) is 0 Å². The van der Waals surface area contributed by atoms with Crippen LogP contribution in [-0.2, 0) is 16.6 Å². The van der Waals surface area contributed by atoms with Crippen molar-refractivity contribution in [3.05, 3.63) is 57.4 Å². The molecule has 0 amide bonds. The van der Waals surface area contributed by atoms with Crippen LogP contribution in [0.5, 0.6) is 0 Å². The molecule has 20 heavy (non-hydrogen) atoms. The van der Waals surface area contributed by atoms with Gasteiger partial charge in [0.05, 0.1) is 11.5 Å². The van der Waals surface area contributed by atoms with Gasteiger partial charge in [0.15, 0.2) is 0 Å². The Morgan fingerprint density at radius 2 is 1.80 bits per heavy atom. The molecule has 0 aliphatic heterocycles. The summed E-state index contributed by atoms with van der Waals surface area (Å²) in [5, 5.41) is 9.16. The smallest absolute Gasteiger partial charge is 0.262 e. The number of nitrogens with one attached hydrogen (secondary N) is 1. The van der Waals surface area contributed by atoms with Crippen molar-refractivity contribution in [2.45, 2.75) is 11.5 Å². The summed E-state index contributed by atoms with van der Waals surface area (Å²) in [4.78, 5) is -0.265. The van der Waals surface area contributed by atoms with E-state index in [1.165, 1.54) is 6.07 Å². The summed E-state index contributed by atoms with van der Waals surface area (Å²) >= 11 is 2.10. The van der Waals surface area contributed by atoms with Crippen LogP contribution in [0.4, 0.5) is 10.1 Å². The second-order valence-electron chi connectivity index (χ2n) is 4.02. The molecule has 0 saturated heterocycles. The zero-order chi connectivity index (χ0) is 14.8. The molecule has 106 valence electrons. The molecule has 2 N–H and O–H groups in total. The van der Waals surface area contributed by atoms with Crippen molar-refractivity contribution in [3.63, 3.8) is 0 Å². The van der Waals surface area contributed by atoms with Gasteiger partial charge < -0.3 is 5.11 Å². The topological polar surface area (TPSA) is 66.4 Å². The summed E-state index contributed by atoms with van der Waals surface area (Å²) in [6.45, 7) is -0.483. The fraction of sp³-hybridized carbons (Fsp3) is 0.0769. The Morgan fingerprint density at radius 3 is 2.40 bits per heavy atom. The van der Waals surface area contributed by atoms with Crippen LogP contribution >= 0.6 is 22.6 Å². The molecule has 0 aromatic heterocycles. The summed E-state index contributed by atoms with van der Waals surface area (Å²) in [6, 6.07) is 9.95. The Kier molecular flexibility index (Phi) is 4.61. The number of aliphatic hydroxyl groups is 1. The predicted octanol–water partition coefficient (Wildman–Crippen LogP) is 2.72. The Balaban J connectivity index is 2.40. The van der Waals surface area contributed by atoms with Crippen molar-refractivity contribution in [1.82, 2.24) is 0 Å². The van der Waals surface area contributed by atoms with E-state index in [-0.39, 0.29) is 10.5 Å². The van der Waals surface area contributed by atoms with Crippen LogP contribution in [-0.4, -0.2) is 13.5 Å². The van der Waals surface area contributed by atoms with E-state index in [0.29, 0.717) is 5.69 Å². The molecule has 0 aliphatic rings. The second kappa shape index (κ2) is 6.06. The number of hydrogen-bond donors (Lipinski definition) is 2. The third kappa shape index (κ3) is 3.47. The minimum atomic E-state index is -3.94. The molecule has 0 aliphatic carbocycles. The van der Waals surface area contributed by atoms with Gasteiger partial charge in [0, 0.05) is 9.26 Å². The molecular weight excluding hydrogens is 396 g/mol. The van der Waals surface area contributed by atoms with Gasteiger partial charge in [-0.05, 0) is 64.6 Å². The third-order valence-corrected chi connectivity index (χ3v) is 4.77. The zero-order valence-electron chi connectivity index (χ0n) is 10.2. The van der Waals surface area contributed by atoms with Gasteiger partial charge in [-0.3, -0.25) is 4.72 Å². The number of rotatable bonds is 4. The van der Waals surface area contributed by atoms with Crippen LogP contribution in [0.3, 0.4) is 0 Å². The summed E-state index contributed by atoms with van der Waals surface area (Å²) in [7, 11) is -3.94. The Labute approximate surface area is 129 Å². The fourth-order valence-corrected chi connectivity index (χ4v) is 3.30. The lowest BCUT2D eigenvalue weighted by Crippen LogP contribution is -2.15. The summed E-state index contributed by atoms with van der Waals surface area (Å²) in [5.41, 5.74) is 0.517. The molecule has 2 aromatic carbocycles. The number of halogens is 2. The maximum atomic E-state index is 13.2. The molecule has 0 saturated carbocycles. The Morgan fingerprint density at radius 1 is 1.15 bits per heavy atom. The van der Waals surface area contributed by atoms with Gasteiger partial charge in [-0.1, -0.05) is 6.07 Å². The molecule has 7 heteroatoms. The summed E-state index contributed by atoms with van der Waals surface area (Å²) in [5.74, 6) is -0.676. The predicted molar refractivity (Wildman–Crippen MR) is 82.3 cm³/mol. The molecule has 0 heterocycles. The fourth-order valence-electron chi connectivity index (χ4n) is 1.64. The molecule has 2 rings (SSSR count). The van der Waals surface area contributed by atoms with Gasteiger partial charge in [0.25, 0.3) is 10.0 Å². The first-order valence-electron chi connectivity index (χ1n) is 5.60. The molecule has 0 spiro atoms. The highest BCUT2D eigenvalue weighted by atomic mass is 127. The molecule has 0 bridgehead atoms. The first kappa shape index (κ1) is 15.2. The van der Waals surface area contributed by atoms with Gasteiger partial charge in [-0.2, -0.15) is 0 Å². The molecule has 4 nitrogen and oxygen atoms in total. The monoisotopic (exact) mass is 407 g/mol. The minimum Gasteiger partial charge on any atom is -0.392 e. The van der Waals surface area contributed by atoms with Crippen molar-refractivity contribution >= 4 is 38.3 Å². The average molecular weight is 407 g/mol. The van der Waals surface area contributed by atoms with Gasteiger partial charge in [-0.25, -0.2) is 12.8 Å². The van der Waals surface area contributed by atoms with Crippen LogP contribution in [0.2, 0.25) is 0 Å². The molecule has 0 unspecified atom stereocenters. The van der Waals surface area contributed by atoms with Crippen molar-refractivity contribution < 1.29 is 17.9 Å². The first-order chi connectivity index (χ1) is 9.42. The van der Waals surface area contributed by atoms with Gasteiger partial charge in [0.2, 0.25) is 0 Å². The molecule has 0 radical (unpaired) electrons. The number of hydrogen-bond acceptors (Lipinski definition) is 3. The lowest BCUT2D eigenvalue weighted by molar-refractivity contribution is 0.278. The van der Waals surface area contributed by atoms with Crippen LogP contribution in [0.1, 0.15) is 5.56 Å². The summed E-state index contributed by atoms with van der Waals surface area (Å²) < 4.78 is 41.0. The number of benzene rings is 2. The highest BCUT2D eigenvalue weighted by Gasteiger charge is 2.19. The van der Waals surface area contributed by atoms with Gasteiger partial charge >= 0.3 is 0 Å². The number of aliphatic hydroxyl groups excluding tert-OH is 1. The quantitative estimate of drug-likeness (QED) is 0.767. The maximum absolute atomic E-state index is 13.2. The van der Waals surface area contributed by atoms with E-state index < -0.39 is 22.4 Å². The van der Waals surface area contributed by atoms with Crippen molar-refractivity contribution in [1.29, 1.82) is 0 Å². The normalized spacial score (nSPS) is 11.3. The third-order valence-electron chi connectivity index (χ3n) is 2.59. The first-order valence-corrected chi connectivity index (χ1v) is 8.16. The number of sulfonamides is 1. The van der Waals surface area contributed by atoms with E-state index in [1.807, 2.05) is 0 Å². The molecule has 0 fully saturated rings. The Hall–Kier alpha value is -1.19. The SMILES string of the molecule is O=S(=O)(Nc1ccc(I)cc1)c1cc(F)ccc1CO. The lowest BCUT2D eigenvalue weighted by atomic mass is 10.2. The highest BCUT2D eigenvalue weighted by molar-refractivity contribution is 14.1. The average Bonchev–Trinajstić information content (AvgIpc) is 2.41. The summed E-state index contributed by atoms with van der Waals surface area (Å²) in [6.07, 6.45) is 0. The Bertz CT molecular complexity index is 717. The largest absolute Gasteiger partial charge is 0.392 e. The highest BCUT2D eigenvalue weighted by Crippen LogP contribution is 2.21. The van der Waals surface area contributed by atoms with E-state index in [1.54, 1.807) is 24.3 Å². The minimum absolute atomic E-state index is 0.143. The van der Waals surface area contributed by atoms with Crippen molar-refractivity contribution in [3.8, 4) is 0 Å². The molecule has 2 aromatic rings. The van der Waals surface area contributed by atoms with Crippen molar-refractivity contribution in [2.24, 2.45) is 0 Å². The van der Waals surface area contributed by atoms with Gasteiger partial charge in [0.1, 0.15) is 5.82 Å². The molecule has 0 atom stereocenters. The molecular formula is C13H11FINO3S.